The zero-order valence-corrected chi connectivity index (χ0v) is 15.2. The van der Waals surface area contributed by atoms with Crippen LogP contribution in [-0.2, 0) is 4.79 Å². The summed E-state index contributed by atoms with van der Waals surface area (Å²) in [6, 6.07) is 12.3. The molecule has 0 radical (unpaired) electrons. The first kappa shape index (κ1) is 16.6. The second-order valence-electron chi connectivity index (χ2n) is 5.65. The molecule has 3 rings (SSSR count). The van der Waals surface area contributed by atoms with Gasteiger partial charge in [-0.05, 0) is 29.0 Å². The SMILES string of the molecule is CC(C)c1ccc(-c2csc(NC(=O)/C=C/c3cccs3)n2)cc1. The van der Waals surface area contributed by atoms with Gasteiger partial charge in [0.2, 0.25) is 5.91 Å². The summed E-state index contributed by atoms with van der Waals surface area (Å²) in [4.78, 5) is 17.5. The van der Waals surface area contributed by atoms with Crippen LogP contribution in [0.4, 0.5) is 5.13 Å². The van der Waals surface area contributed by atoms with Crippen molar-refractivity contribution < 1.29 is 4.79 Å². The molecular formula is C19H18N2OS2. The Labute approximate surface area is 149 Å². The van der Waals surface area contributed by atoms with Crippen LogP contribution in [0.25, 0.3) is 17.3 Å². The third kappa shape index (κ3) is 4.19. The van der Waals surface area contributed by atoms with E-state index in [4.69, 9.17) is 0 Å². The second-order valence-corrected chi connectivity index (χ2v) is 7.49. The van der Waals surface area contributed by atoms with Gasteiger partial charge in [0.1, 0.15) is 0 Å². The molecule has 0 saturated carbocycles. The van der Waals surface area contributed by atoms with Gasteiger partial charge < -0.3 is 0 Å². The topological polar surface area (TPSA) is 42.0 Å². The van der Waals surface area contributed by atoms with Gasteiger partial charge in [-0.1, -0.05) is 44.2 Å². The minimum absolute atomic E-state index is 0.167. The Balaban J connectivity index is 1.65. The highest BCUT2D eigenvalue weighted by Crippen LogP contribution is 2.26. The Morgan fingerprint density at radius 2 is 1.96 bits per heavy atom. The maximum Gasteiger partial charge on any atom is 0.250 e. The van der Waals surface area contributed by atoms with Crippen LogP contribution in [-0.4, -0.2) is 10.9 Å². The summed E-state index contributed by atoms with van der Waals surface area (Å²) in [5, 5.41) is 7.36. The van der Waals surface area contributed by atoms with E-state index in [9.17, 15) is 4.79 Å². The van der Waals surface area contributed by atoms with E-state index in [2.05, 4.69) is 48.4 Å². The van der Waals surface area contributed by atoms with Crippen molar-refractivity contribution in [2.75, 3.05) is 5.32 Å². The normalized spacial score (nSPS) is 11.3. The van der Waals surface area contributed by atoms with Crippen molar-refractivity contribution in [2.45, 2.75) is 19.8 Å². The molecule has 0 bridgehead atoms. The summed E-state index contributed by atoms with van der Waals surface area (Å²) in [5.41, 5.74) is 3.25. The highest BCUT2D eigenvalue weighted by Gasteiger charge is 2.07. The Morgan fingerprint density at radius 3 is 2.62 bits per heavy atom. The lowest BCUT2D eigenvalue weighted by Crippen LogP contribution is -2.07. The number of thiophene rings is 1. The maximum atomic E-state index is 11.9. The van der Waals surface area contributed by atoms with Crippen molar-refractivity contribution in [1.29, 1.82) is 0 Å². The van der Waals surface area contributed by atoms with Crippen molar-refractivity contribution in [3.8, 4) is 11.3 Å². The second kappa shape index (κ2) is 7.55. The summed E-state index contributed by atoms with van der Waals surface area (Å²) < 4.78 is 0. The molecular weight excluding hydrogens is 336 g/mol. The lowest BCUT2D eigenvalue weighted by atomic mass is 10.0. The molecule has 0 aliphatic rings. The van der Waals surface area contributed by atoms with Crippen LogP contribution >= 0.6 is 22.7 Å². The van der Waals surface area contributed by atoms with E-state index in [1.165, 1.54) is 23.0 Å². The van der Waals surface area contributed by atoms with Crippen LogP contribution in [0.1, 0.15) is 30.2 Å². The van der Waals surface area contributed by atoms with Gasteiger partial charge in [0.25, 0.3) is 0 Å². The molecule has 3 nitrogen and oxygen atoms in total. The third-order valence-electron chi connectivity index (χ3n) is 3.55. The number of hydrogen-bond donors (Lipinski definition) is 1. The van der Waals surface area contributed by atoms with E-state index in [0.29, 0.717) is 11.0 Å². The molecule has 2 heterocycles. The van der Waals surface area contributed by atoms with Crippen molar-refractivity contribution in [1.82, 2.24) is 4.98 Å². The van der Waals surface area contributed by atoms with E-state index in [-0.39, 0.29) is 5.91 Å². The van der Waals surface area contributed by atoms with Crippen LogP contribution in [0.5, 0.6) is 0 Å². The van der Waals surface area contributed by atoms with Gasteiger partial charge in [0.15, 0.2) is 5.13 Å². The lowest BCUT2D eigenvalue weighted by molar-refractivity contribution is -0.111. The van der Waals surface area contributed by atoms with Crippen LogP contribution in [0, 0.1) is 0 Å². The number of benzene rings is 1. The number of nitrogens with zero attached hydrogens (tertiary/aromatic N) is 1. The fourth-order valence-electron chi connectivity index (χ4n) is 2.19. The molecule has 1 N–H and O–H groups in total. The standard InChI is InChI=1S/C19H18N2OS2/c1-13(2)14-5-7-15(8-6-14)17-12-24-19(20-17)21-18(22)10-9-16-4-3-11-23-16/h3-13H,1-2H3,(H,20,21,22)/b10-9+. The summed E-state index contributed by atoms with van der Waals surface area (Å²) in [6.45, 7) is 4.35. The van der Waals surface area contributed by atoms with Gasteiger partial charge in [-0.15, -0.1) is 22.7 Å². The van der Waals surface area contributed by atoms with E-state index >= 15 is 0 Å². The van der Waals surface area contributed by atoms with Crippen LogP contribution < -0.4 is 5.32 Å². The number of rotatable bonds is 5. The highest BCUT2D eigenvalue weighted by molar-refractivity contribution is 7.14. The predicted molar refractivity (Wildman–Crippen MR) is 104 cm³/mol. The minimum atomic E-state index is -0.167. The average Bonchev–Trinajstić information content (AvgIpc) is 3.25. The first-order valence-corrected chi connectivity index (χ1v) is 9.46. The predicted octanol–water partition coefficient (Wildman–Crippen LogP) is 5.65. The molecule has 0 aliphatic carbocycles. The summed E-state index contributed by atoms with van der Waals surface area (Å²) >= 11 is 3.03. The van der Waals surface area contributed by atoms with Crippen molar-refractivity contribution in [3.63, 3.8) is 0 Å². The molecule has 0 unspecified atom stereocenters. The zero-order valence-electron chi connectivity index (χ0n) is 13.5. The molecule has 0 aliphatic heterocycles. The van der Waals surface area contributed by atoms with Gasteiger partial charge in [0, 0.05) is 21.9 Å². The first-order chi connectivity index (χ1) is 11.6. The molecule has 5 heteroatoms. The number of amides is 1. The summed E-state index contributed by atoms with van der Waals surface area (Å²) in [7, 11) is 0. The molecule has 0 spiro atoms. The molecule has 0 atom stereocenters. The molecule has 1 amide bonds. The van der Waals surface area contributed by atoms with Gasteiger partial charge in [0.05, 0.1) is 5.69 Å². The van der Waals surface area contributed by atoms with Crippen molar-refractivity contribution >= 4 is 39.8 Å². The molecule has 0 saturated heterocycles. The molecule has 1 aromatic carbocycles. The molecule has 24 heavy (non-hydrogen) atoms. The van der Waals surface area contributed by atoms with Gasteiger partial charge in [-0.3, -0.25) is 10.1 Å². The fraction of sp³-hybridized carbons (Fsp3) is 0.158. The molecule has 2 aromatic heterocycles. The largest absolute Gasteiger partial charge is 0.298 e. The molecule has 122 valence electrons. The van der Waals surface area contributed by atoms with Crippen LogP contribution in [0.15, 0.2) is 53.2 Å². The number of aromatic nitrogens is 1. The summed E-state index contributed by atoms with van der Waals surface area (Å²) in [5.74, 6) is 0.346. The van der Waals surface area contributed by atoms with Gasteiger partial charge in [-0.2, -0.15) is 0 Å². The monoisotopic (exact) mass is 354 g/mol. The Kier molecular flexibility index (Phi) is 5.23. The highest BCUT2D eigenvalue weighted by atomic mass is 32.1. The summed E-state index contributed by atoms with van der Waals surface area (Å²) in [6.07, 6.45) is 3.34. The number of carbonyl (C=O) groups excluding carboxylic acids is 1. The van der Waals surface area contributed by atoms with E-state index in [1.54, 1.807) is 17.4 Å². The number of thiazole rings is 1. The Morgan fingerprint density at radius 1 is 1.17 bits per heavy atom. The minimum Gasteiger partial charge on any atom is -0.298 e. The third-order valence-corrected chi connectivity index (χ3v) is 5.14. The van der Waals surface area contributed by atoms with Crippen molar-refractivity contribution in [2.24, 2.45) is 0 Å². The van der Waals surface area contributed by atoms with Crippen molar-refractivity contribution in [3.05, 3.63) is 63.7 Å². The van der Waals surface area contributed by atoms with E-state index in [0.717, 1.165) is 16.1 Å². The van der Waals surface area contributed by atoms with E-state index in [1.807, 2.05) is 22.9 Å². The Hall–Kier alpha value is -2.24. The fourth-order valence-corrected chi connectivity index (χ4v) is 3.53. The number of hydrogen-bond acceptors (Lipinski definition) is 4. The molecule has 0 fully saturated rings. The number of anilines is 1. The quantitative estimate of drug-likeness (QED) is 0.602. The Bertz CT molecular complexity index is 831. The van der Waals surface area contributed by atoms with Gasteiger partial charge in [-0.25, -0.2) is 4.98 Å². The van der Waals surface area contributed by atoms with Gasteiger partial charge >= 0.3 is 0 Å². The number of carbonyl (C=O) groups is 1. The number of nitrogens with one attached hydrogen (secondary N) is 1. The lowest BCUT2D eigenvalue weighted by Gasteiger charge is -2.05. The van der Waals surface area contributed by atoms with Crippen LogP contribution in [0.2, 0.25) is 0 Å². The maximum absolute atomic E-state index is 11.9. The average molecular weight is 354 g/mol. The molecule has 3 aromatic rings. The van der Waals surface area contributed by atoms with Crippen LogP contribution in [0.3, 0.4) is 0 Å². The first-order valence-electron chi connectivity index (χ1n) is 7.70. The smallest absolute Gasteiger partial charge is 0.250 e. The zero-order chi connectivity index (χ0) is 16.9. The van der Waals surface area contributed by atoms with E-state index < -0.39 is 0 Å².